The van der Waals surface area contributed by atoms with Crippen molar-refractivity contribution in [2.75, 3.05) is 0 Å². The summed E-state index contributed by atoms with van der Waals surface area (Å²) in [5, 5.41) is 10.1. The Morgan fingerprint density at radius 2 is 0.836 bits per heavy atom. The lowest BCUT2D eigenvalue weighted by Gasteiger charge is -2.11. The van der Waals surface area contributed by atoms with E-state index in [0.29, 0.717) is 0 Å². The molecule has 0 radical (unpaired) electrons. The Kier molecular flexibility index (Phi) is 6.54. The molecule has 0 aliphatic carbocycles. The topological polar surface area (TPSA) is 9.86 Å². The number of hydrogen-bond donors (Lipinski definition) is 0. The average Bonchev–Trinajstić information content (AvgIpc) is 3.90. The van der Waals surface area contributed by atoms with Crippen molar-refractivity contribution in [3.05, 3.63) is 194 Å². The molecule has 0 saturated carbocycles. The van der Waals surface area contributed by atoms with Crippen LogP contribution >= 0.6 is 11.3 Å². The molecular formula is C52H32N2S. The molecule has 3 heteroatoms. The lowest BCUT2D eigenvalue weighted by Crippen LogP contribution is -1.94. The molecule has 0 amide bonds. The third-order valence-corrected chi connectivity index (χ3v) is 12.6. The van der Waals surface area contributed by atoms with Gasteiger partial charge < -0.3 is 9.13 Å². The number of rotatable bonds is 4. The summed E-state index contributed by atoms with van der Waals surface area (Å²) in [5.74, 6) is 0. The number of hydrogen-bond acceptors (Lipinski definition) is 1. The van der Waals surface area contributed by atoms with Gasteiger partial charge in [-0.3, -0.25) is 0 Å². The van der Waals surface area contributed by atoms with E-state index in [1.165, 1.54) is 102 Å². The second-order valence-electron chi connectivity index (χ2n) is 14.5. The van der Waals surface area contributed by atoms with E-state index in [1.54, 1.807) is 0 Å². The second-order valence-corrected chi connectivity index (χ2v) is 15.6. The lowest BCUT2D eigenvalue weighted by molar-refractivity contribution is 1.18. The number of nitrogens with zero attached hydrogens (tertiary/aromatic N) is 2. The van der Waals surface area contributed by atoms with Crippen LogP contribution in [-0.2, 0) is 0 Å². The van der Waals surface area contributed by atoms with Crippen molar-refractivity contribution in [3.8, 4) is 33.6 Å². The van der Waals surface area contributed by atoms with E-state index < -0.39 is 0 Å². The minimum Gasteiger partial charge on any atom is -0.309 e. The summed E-state index contributed by atoms with van der Waals surface area (Å²) in [6, 6.07) is 71.5. The molecule has 0 atom stereocenters. The van der Waals surface area contributed by atoms with Crippen molar-refractivity contribution < 1.29 is 0 Å². The van der Waals surface area contributed by atoms with Crippen molar-refractivity contribution in [1.29, 1.82) is 0 Å². The Bertz CT molecular complexity index is 3470. The van der Waals surface area contributed by atoms with E-state index in [4.69, 9.17) is 0 Å². The van der Waals surface area contributed by atoms with Crippen LogP contribution in [-0.4, -0.2) is 9.13 Å². The molecule has 256 valence electrons. The van der Waals surface area contributed by atoms with Gasteiger partial charge in [-0.2, -0.15) is 0 Å². The maximum absolute atomic E-state index is 2.50. The molecule has 0 N–H and O–H groups in total. The van der Waals surface area contributed by atoms with Crippen LogP contribution in [0.2, 0.25) is 0 Å². The van der Waals surface area contributed by atoms with Gasteiger partial charge in [0.15, 0.2) is 0 Å². The van der Waals surface area contributed by atoms with Crippen LogP contribution in [0, 0.1) is 0 Å². The van der Waals surface area contributed by atoms with Gasteiger partial charge in [-0.1, -0.05) is 115 Å². The summed E-state index contributed by atoms with van der Waals surface area (Å²) in [6.45, 7) is 0. The average molecular weight is 717 g/mol. The third kappa shape index (κ3) is 4.60. The number of thiophene rings is 1. The zero-order valence-corrected chi connectivity index (χ0v) is 30.6. The monoisotopic (exact) mass is 716 g/mol. The van der Waals surface area contributed by atoms with Gasteiger partial charge in [-0.15, -0.1) is 11.3 Å². The van der Waals surface area contributed by atoms with Crippen molar-refractivity contribution in [1.82, 2.24) is 9.13 Å². The van der Waals surface area contributed by atoms with Gasteiger partial charge in [0.2, 0.25) is 0 Å². The SMILES string of the molecule is c1ccc(-c2ccc3c(c2)c2cc(-c4ccc5c(c4)c4cc6ccccc6cc4n5-c4cccc5sc6ccccc6c45)ccc2n3-c2ccccc2)cc1. The highest BCUT2D eigenvalue weighted by atomic mass is 32.1. The molecule has 9 aromatic carbocycles. The van der Waals surface area contributed by atoms with Crippen LogP contribution in [0.1, 0.15) is 0 Å². The van der Waals surface area contributed by atoms with E-state index >= 15 is 0 Å². The van der Waals surface area contributed by atoms with Gasteiger partial charge in [0.25, 0.3) is 0 Å². The van der Waals surface area contributed by atoms with Gasteiger partial charge in [0.1, 0.15) is 0 Å². The summed E-state index contributed by atoms with van der Waals surface area (Å²) in [5.41, 5.74) is 12.1. The van der Waals surface area contributed by atoms with Crippen LogP contribution in [0.15, 0.2) is 194 Å². The summed E-state index contributed by atoms with van der Waals surface area (Å²) in [6.07, 6.45) is 0. The molecule has 0 spiro atoms. The standard InChI is InChI=1S/C52H32N2S/c1-3-12-33(13-4-1)36-22-25-45-41(29-36)42-30-37(23-26-46(42)53(45)39-16-5-2-6-17-39)38-24-27-47-43(31-38)44-28-34-14-7-8-15-35(34)32-49(44)54(47)48-19-11-21-51-52(48)40-18-9-10-20-50(40)55-51/h1-32H. The normalized spacial score (nSPS) is 12.0. The molecule has 12 aromatic rings. The molecule has 0 aliphatic rings. The fourth-order valence-electron chi connectivity index (χ4n) is 8.96. The molecule has 3 aromatic heterocycles. The summed E-state index contributed by atoms with van der Waals surface area (Å²) in [7, 11) is 0. The smallest absolute Gasteiger partial charge is 0.0555 e. The van der Waals surface area contributed by atoms with Gasteiger partial charge >= 0.3 is 0 Å². The predicted molar refractivity (Wildman–Crippen MR) is 236 cm³/mol. The Labute approximate surface area is 321 Å². The lowest BCUT2D eigenvalue weighted by atomic mass is 9.99. The first-order valence-corrected chi connectivity index (χ1v) is 19.7. The van der Waals surface area contributed by atoms with Gasteiger partial charge in [0.05, 0.1) is 27.8 Å². The van der Waals surface area contributed by atoms with Crippen molar-refractivity contribution in [2.45, 2.75) is 0 Å². The largest absolute Gasteiger partial charge is 0.309 e. The fourth-order valence-corrected chi connectivity index (χ4v) is 10.1. The molecule has 0 fully saturated rings. The van der Waals surface area contributed by atoms with Gasteiger partial charge in [0, 0.05) is 47.4 Å². The van der Waals surface area contributed by atoms with E-state index in [9.17, 15) is 0 Å². The molecule has 0 aliphatic heterocycles. The van der Waals surface area contributed by atoms with Crippen molar-refractivity contribution in [2.24, 2.45) is 0 Å². The van der Waals surface area contributed by atoms with Gasteiger partial charge in [-0.05, 0) is 112 Å². The quantitative estimate of drug-likeness (QED) is 0.172. The van der Waals surface area contributed by atoms with Crippen LogP contribution in [0.5, 0.6) is 0 Å². The highest BCUT2D eigenvalue weighted by molar-refractivity contribution is 7.25. The number of para-hydroxylation sites is 1. The number of aromatic nitrogens is 2. The number of benzene rings is 9. The fraction of sp³-hybridized carbons (Fsp3) is 0. The van der Waals surface area contributed by atoms with E-state index in [0.717, 1.165) is 5.69 Å². The maximum atomic E-state index is 2.50. The number of fused-ring (bicyclic) bond motifs is 10. The summed E-state index contributed by atoms with van der Waals surface area (Å²) in [4.78, 5) is 0. The Morgan fingerprint density at radius 3 is 1.53 bits per heavy atom. The first-order valence-electron chi connectivity index (χ1n) is 18.8. The van der Waals surface area contributed by atoms with Crippen molar-refractivity contribution >= 4 is 85.9 Å². The predicted octanol–water partition coefficient (Wildman–Crippen LogP) is 14.7. The van der Waals surface area contributed by atoms with E-state index in [1.807, 2.05) is 11.3 Å². The Balaban J connectivity index is 1.12. The minimum absolute atomic E-state index is 1.16. The molecule has 3 heterocycles. The van der Waals surface area contributed by atoms with Crippen molar-refractivity contribution in [3.63, 3.8) is 0 Å². The Morgan fingerprint density at radius 1 is 0.309 bits per heavy atom. The first kappa shape index (κ1) is 30.5. The zero-order valence-electron chi connectivity index (χ0n) is 29.8. The van der Waals surface area contributed by atoms with Crippen LogP contribution in [0.4, 0.5) is 0 Å². The highest BCUT2D eigenvalue weighted by Gasteiger charge is 2.19. The summed E-state index contributed by atoms with van der Waals surface area (Å²) >= 11 is 1.87. The maximum Gasteiger partial charge on any atom is 0.0555 e. The molecule has 12 rings (SSSR count). The zero-order chi connectivity index (χ0) is 36.0. The van der Waals surface area contributed by atoms with Crippen LogP contribution in [0.25, 0.3) is 108 Å². The molecule has 55 heavy (non-hydrogen) atoms. The van der Waals surface area contributed by atoms with Crippen LogP contribution < -0.4 is 0 Å². The molecule has 0 bridgehead atoms. The summed E-state index contributed by atoms with van der Waals surface area (Å²) < 4.78 is 7.53. The molecule has 2 nitrogen and oxygen atoms in total. The molecule has 0 saturated heterocycles. The van der Waals surface area contributed by atoms with E-state index in [-0.39, 0.29) is 0 Å². The van der Waals surface area contributed by atoms with Gasteiger partial charge in [-0.25, -0.2) is 0 Å². The Hall–Kier alpha value is -6.94. The second kappa shape index (κ2) is 11.8. The minimum atomic E-state index is 1.16. The third-order valence-electron chi connectivity index (χ3n) is 11.5. The first-order chi connectivity index (χ1) is 27.3. The van der Waals surface area contributed by atoms with E-state index in [2.05, 4.69) is 203 Å². The highest BCUT2D eigenvalue weighted by Crippen LogP contribution is 2.43. The van der Waals surface area contributed by atoms with Crippen LogP contribution in [0.3, 0.4) is 0 Å². The molecular weight excluding hydrogens is 685 g/mol. The molecule has 0 unspecified atom stereocenters.